The molecule has 0 atom stereocenters. The van der Waals surface area contributed by atoms with Crippen LogP contribution in [0.3, 0.4) is 0 Å². The maximum Gasteiger partial charge on any atom is 0.180 e. The zero-order valence-corrected chi connectivity index (χ0v) is 17.3. The van der Waals surface area contributed by atoms with Crippen LogP contribution < -0.4 is 5.32 Å². The molecule has 0 bridgehead atoms. The summed E-state index contributed by atoms with van der Waals surface area (Å²) in [6.45, 7) is 5.59. The van der Waals surface area contributed by atoms with Crippen molar-refractivity contribution in [3.8, 4) is 11.3 Å². The fourth-order valence-electron chi connectivity index (χ4n) is 3.73. The molecule has 7 nitrogen and oxygen atoms in total. The predicted octanol–water partition coefficient (Wildman–Crippen LogP) is 4.52. The van der Waals surface area contributed by atoms with Gasteiger partial charge in [0.1, 0.15) is 5.82 Å². The van der Waals surface area contributed by atoms with Crippen molar-refractivity contribution in [2.45, 2.75) is 26.3 Å². The minimum atomic E-state index is -0.393. The van der Waals surface area contributed by atoms with Gasteiger partial charge in [0.2, 0.25) is 0 Å². The summed E-state index contributed by atoms with van der Waals surface area (Å²) in [5.74, 6) is 0.537. The molecule has 5 aromatic rings. The molecule has 1 N–H and O–H groups in total. The lowest BCUT2D eigenvalue weighted by molar-refractivity contribution is 0.622. The van der Waals surface area contributed by atoms with Crippen molar-refractivity contribution in [3.63, 3.8) is 0 Å². The molecule has 0 fully saturated rings. The molecule has 156 valence electrons. The number of anilines is 1. The Morgan fingerprint density at radius 3 is 2.81 bits per heavy atom. The van der Waals surface area contributed by atoms with Gasteiger partial charge < -0.3 is 9.88 Å². The van der Waals surface area contributed by atoms with Crippen LogP contribution in [0.1, 0.15) is 25.5 Å². The Morgan fingerprint density at radius 2 is 1.97 bits per heavy atom. The van der Waals surface area contributed by atoms with Crippen LogP contribution in [0.4, 0.5) is 10.2 Å². The molecule has 0 spiro atoms. The smallest absolute Gasteiger partial charge is 0.180 e. The average Bonchev–Trinajstić information content (AvgIpc) is 3.38. The number of pyridine rings is 1. The second-order valence-corrected chi connectivity index (χ2v) is 7.75. The molecule has 5 rings (SSSR count). The van der Waals surface area contributed by atoms with Crippen LogP contribution in [0.15, 0.2) is 61.4 Å². The summed E-state index contributed by atoms with van der Waals surface area (Å²) in [5, 5.41) is 3.41. The van der Waals surface area contributed by atoms with Crippen molar-refractivity contribution in [2.24, 2.45) is 0 Å². The summed E-state index contributed by atoms with van der Waals surface area (Å²) < 4.78 is 17.9. The molecule has 0 amide bonds. The molecule has 0 saturated carbocycles. The van der Waals surface area contributed by atoms with Crippen molar-refractivity contribution < 1.29 is 4.39 Å². The molecule has 0 saturated heterocycles. The van der Waals surface area contributed by atoms with Gasteiger partial charge >= 0.3 is 0 Å². The van der Waals surface area contributed by atoms with Crippen molar-refractivity contribution >= 4 is 22.5 Å². The average molecular weight is 415 g/mol. The molecule has 0 unspecified atom stereocenters. The Kier molecular flexibility index (Phi) is 4.82. The highest BCUT2D eigenvalue weighted by atomic mass is 19.1. The second-order valence-electron chi connectivity index (χ2n) is 7.75. The fraction of sp³-hybridized carbons (Fsp3) is 0.217. The minimum Gasteiger partial charge on any atom is -0.365 e. The summed E-state index contributed by atoms with van der Waals surface area (Å²) >= 11 is 0. The number of hydrogen-bond donors (Lipinski definition) is 1. The maximum atomic E-state index is 13.8. The van der Waals surface area contributed by atoms with Gasteiger partial charge in [-0.2, -0.15) is 0 Å². The van der Waals surface area contributed by atoms with Crippen molar-refractivity contribution in [3.05, 3.63) is 73.0 Å². The molecule has 4 heterocycles. The van der Waals surface area contributed by atoms with E-state index in [1.165, 1.54) is 12.3 Å². The van der Waals surface area contributed by atoms with Gasteiger partial charge in [-0.1, -0.05) is 26.0 Å². The molecule has 0 radical (unpaired) electrons. The lowest BCUT2D eigenvalue weighted by atomic mass is 10.1. The number of para-hydroxylation sites is 2. The van der Waals surface area contributed by atoms with Crippen LogP contribution >= 0.6 is 0 Å². The Labute approximate surface area is 178 Å². The van der Waals surface area contributed by atoms with Gasteiger partial charge in [0.05, 0.1) is 29.3 Å². The molecule has 0 aliphatic carbocycles. The first-order chi connectivity index (χ1) is 15.1. The van der Waals surface area contributed by atoms with Gasteiger partial charge in [-0.25, -0.2) is 19.3 Å². The van der Waals surface area contributed by atoms with Crippen molar-refractivity contribution in [2.75, 3.05) is 11.9 Å². The van der Waals surface area contributed by atoms with E-state index in [0.29, 0.717) is 23.6 Å². The summed E-state index contributed by atoms with van der Waals surface area (Å²) in [6.07, 6.45) is 8.40. The second kappa shape index (κ2) is 7.79. The fourth-order valence-corrected chi connectivity index (χ4v) is 3.73. The molecular weight excluding hydrogens is 393 g/mol. The number of aromatic nitrogens is 6. The lowest BCUT2D eigenvalue weighted by Gasteiger charge is -2.12. The monoisotopic (exact) mass is 415 g/mol. The van der Waals surface area contributed by atoms with Crippen LogP contribution in [-0.4, -0.2) is 35.4 Å². The highest BCUT2D eigenvalue weighted by Crippen LogP contribution is 2.26. The van der Waals surface area contributed by atoms with Gasteiger partial charge in [0.15, 0.2) is 11.5 Å². The molecule has 0 aliphatic rings. The Bertz CT molecular complexity index is 1370. The maximum absolute atomic E-state index is 13.8. The minimum absolute atomic E-state index is 0.279. The van der Waals surface area contributed by atoms with Crippen molar-refractivity contribution in [1.29, 1.82) is 0 Å². The van der Waals surface area contributed by atoms with E-state index in [4.69, 9.17) is 4.98 Å². The number of benzene rings is 1. The van der Waals surface area contributed by atoms with Gasteiger partial charge in [-0.3, -0.25) is 9.38 Å². The largest absolute Gasteiger partial charge is 0.365 e. The Hall–Kier alpha value is -3.81. The normalized spacial score (nSPS) is 11.6. The summed E-state index contributed by atoms with van der Waals surface area (Å²) in [4.78, 5) is 17.7. The van der Waals surface area contributed by atoms with E-state index < -0.39 is 5.82 Å². The zero-order chi connectivity index (χ0) is 21.4. The van der Waals surface area contributed by atoms with E-state index in [1.807, 2.05) is 41.3 Å². The van der Waals surface area contributed by atoms with E-state index in [2.05, 4.69) is 44.7 Å². The van der Waals surface area contributed by atoms with E-state index in [-0.39, 0.29) is 5.92 Å². The number of hydrogen-bond acceptors (Lipinski definition) is 5. The highest BCUT2D eigenvalue weighted by Gasteiger charge is 2.15. The zero-order valence-electron chi connectivity index (χ0n) is 17.3. The summed E-state index contributed by atoms with van der Waals surface area (Å²) in [5.41, 5.74) is 5.12. The van der Waals surface area contributed by atoms with E-state index in [9.17, 15) is 4.39 Å². The standard InChI is InChI=1S/C23H22FN7/c1-15(2)21-12-27-23-22(26-7-8-30-14-28-18-5-3-4-6-20(18)30)29-19(13-31(21)23)16-9-17(24)11-25-10-16/h3-6,9-15H,7-8H2,1-2H3,(H,26,29). The Balaban J connectivity index is 1.49. The van der Waals surface area contributed by atoms with E-state index in [1.54, 1.807) is 6.20 Å². The lowest BCUT2D eigenvalue weighted by Crippen LogP contribution is -2.12. The third-order valence-corrected chi connectivity index (χ3v) is 5.29. The SMILES string of the molecule is CC(C)c1cnc2c(NCCn3cnc4ccccc43)nc(-c3cncc(F)c3)cn12. The molecule has 1 aromatic carbocycles. The van der Waals surface area contributed by atoms with Gasteiger partial charge in [0.25, 0.3) is 0 Å². The molecular formula is C23H22FN7. The predicted molar refractivity (Wildman–Crippen MR) is 118 cm³/mol. The number of halogens is 1. The number of nitrogens with zero attached hydrogens (tertiary/aromatic N) is 6. The molecule has 4 aromatic heterocycles. The number of rotatable bonds is 6. The summed E-state index contributed by atoms with van der Waals surface area (Å²) in [7, 11) is 0. The van der Waals surface area contributed by atoms with E-state index >= 15 is 0 Å². The van der Waals surface area contributed by atoms with Crippen LogP contribution in [0, 0.1) is 5.82 Å². The molecule has 31 heavy (non-hydrogen) atoms. The van der Waals surface area contributed by atoms with Crippen molar-refractivity contribution in [1.82, 2.24) is 28.9 Å². The number of nitrogens with one attached hydrogen (secondary N) is 1. The Morgan fingerprint density at radius 1 is 1.10 bits per heavy atom. The van der Waals surface area contributed by atoms with Gasteiger partial charge in [0, 0.05) is 42.9 Å². The van der Waals surface area contributed by atoms with Gasteiger partial charge in [-0.15, -0.1) is 0 Å². The third-order valence-electron chi connectivity index (χ3n) is 5.29. The van der Waals surface area contributed by atoms with Crippen LogP contribution in [0.5, 0.6) is 0 Å². The van der Waals surface area contributed by atoms with Gasteiger partial charge in [-0.05, 0) is 24.1 Å². The first-order valence-electron chi connectivity index (χ1n) is 10.2. The first kappa shape index (κ1) is 19.2. The van der Waals surface area contributed by atoms with Crippen LogP contribution in [0.25, 0.3) is 27.9 Å². The number of imidazole rings is 2. The van der Waals surface area contributed by atoms with Crippen LogP contribution in [-0.2, 0) is 6.54 Å². The number of fused-ring (bicyclic) bond motifs is 2. The first-order valence-corrected chi connectivity index (χ1v) is 10.2. The quantitative estimate of drug-likeness (QED) is 0.442. The van der Waals surface area contributed by atoms with Crippen LogP contribution in [0.2, 0.25) is 0 Å². The third kappa shape index (κ3) is 3.61. The molecule has 0 aliphatic heterocycles. The topological polar surface area (TPSA) is 72.9 Å². The molecule has 8 heteroatoms. The summed E-state index contributed by atoms with van der Waals surface area (Å²) in [6, 6.07) is 9.48. The highest BCUT2D eigenvalue weighted by molar-refractivity contribution is 5.75. The van der Waals surface area contributed by atoms with E-state index in [0.717, 1.165) is 28.9 Å².